The van der Waals surface area contributed by atoms with Crippen molar-refractivity contribution >= 4 is 29.0 Å². The number of rotatable bonds is 2. The van der Waals surface area contributed by atoms with Gasteiger partial charge in [-0.15, -0.1) is 0 Å². The molecule has 1 heterocycles. The Labute approximate surface area is 160 Å². The maximum Gasteiger partial charge on any atom is 0.232 e. The summed E-state index contributed by atoms with van der Waals surface area (Å²) in [5.74, 6) is -2.00. The molecule has 0 N–H and O–H groups in total. The quantitative estimate of drug-likeness (QED) is 0.715. The third-order valence-electron chi connectivity index (χ3n) is 5.11. The molecule has 6 heteroatoms. The van der Waals surface area contributed by atoms with Gasteiger partial charge in [0.1, 0.15) is 11.6 Å². The van der Waals surface area contributed by atoms with E-state index in [1.54, 1.807) is 6.07 Å². The van der Waals surface area contributed by atoms with Crippen molar-refractivity contribution < 1.29 is 18.4 Å². The molecule has 4 rings (SSSR count). The molecule has 2 aliphatic rings. The van der Waals surface area contributed by atoms with E-state index in [4.69, 9.17) is 11.6 Å². The first-order valence-electron chi connectivity index (χ1n) is 8.76. The van der Waals surface area contributed by atoms with Gasteiger partial charge in [0.15, 0.2) is 5.78 Å². The number of hydrogen-bond donors (Lipinski definition) is 0. The second kappa shape index (κ2) is 6.89. The summed E-state index contributed by atoms with van der Waals surface area (Å²) < 4.78 is 27.8. The number of amides is 1. The van der Waals surface area contributed by atoms with Gasteiger partial charge in [0.2, 0.25) is 5.91 Å². The van der Waals surface area contributed by atoms with Crippen LogP contribution in [-0.2, 0) is 9.59 Å². The summed E-state index contributed by atoms with van der Waals surface area (Å²) in [6.07, 6.45) is 1.42. The Hall–Kier alpha value is -2.53. The van der Waals surface area contributed by atoms with Crippen LogP contribution >= 0.6 is 11.6 Å². The Morgan fingerprint density at radius 2 is 1.74 bits per heavy atom. The fourth-order valence-electron chi connectivity index (χ4n) is 3.97. The number of benzene rings is 2. The molecule has 2 aromatic rings. The van der Waals surface area contributed by atoms with Crippen LogP contribution in [0.2, 0.25) is 5.02 Å². The monoisotopic (exact) mass is 387 g/mol. The van der Waals surface area contributed by atoms with Crippen LogP contribution in [0.4, 0.5) is 14.5 Å². The van der Waals surface area contributed by atoms with Crippen LogP contribution in [0.5, 0.6) is 0 Å². The van der Waals surface area contributed by atoms with E-state index >= 15 is 0 Å². The Kier molecular flexibility index (Phi) is 4.56. The second-order valence-corrected chi connectivity index (χ2v) is 7.14. The van der Waals surface area contributed by atoms with Crippen LogP contribution in [0, 0.1) is 11.6 Å². The van der Waals surface area contributed by atoms with Crippen molar-refractivity contribution in [1.82, 2.24) is 0 Å². The van der Waals surface area contributed by atoms with Crippen molar-refractivity contribution in [3.05, 3.63) is 76.0 Å². The highest BCUT2D eigenvalue weighted by molar-refractivity contribution is 6.31. The predicted molar refractivity (Wildman–Crippen MR) is 98.5 cm³/mol. The highest BCUT2D eigenvalue weighted by atomic mass is 35.5. The van der Waals surface area contributed by atoms with Crippen LogP contribution in [0.3, 0.4) is 0 Å². The molecule has 0 aromatic heterocycles. The minimum absolute atomic E-state index is 0.0669. The third kappa shape index (κ3) is 3.06. The van der Waals surface area contributed by atoms with Crippen molar-refractivity contribution in [3.8, 4) is 0 Å². The van der Waals surface area contributed by atoms with Crippen LogP contribution in [0.15, 0.2) is 53.7 Å². The normalized spacial score (nSPS) is 20.1. The van der Waals surface area contributed by atoms with E-state index in [1.807, 2.05) is 0 Å². The van der Waals surface area contributed by atoms with E-state index in [0.717, 1.165) is 0 Å². The lowest BCUT2D eigenvalue weighted by molar-refractivity contribution is -0.119. The van der Waals surface area contributed by atoms with Gasteiger partial charge in [-0.05, 0) is 49.2 Å². The standard InChI is InChI=1S/C21H16ClF2NO2/c22-15-3-1-4-16(24)20(15)14-11-19(27)25(13-9-7-12(23)8-10-13)17-5-2-6-18(26)21(14)17/h1,3-4,7-10,14H,2,5-6,11H2. The van der Waals surface area contributed by atoms with Crippen molar-refractivity contribution in [2.24, 2.45) is 0 Å². The Balaban J connectivity index is 1.90. The van der Waals surface area contributed by atoms with Gasteiger partial charge in [-0.3, -0.25) is 14.5 Å². The first-order valence-corrected chi connectivity index (χ1v) is 9.14. The Morgan fingerprint density at radius 1 is 1.00 bits per heavy atom. The number of carbonyl (C=O) groups excluding carboxylic acids is 2. The van der Waals surface area contributed by atoms with Gasteiger partial charge in [0.05, 0.1) is 0 Å². The summed E-state index contributed by atoms with van der Waals surface area (Å²) in [6, 6.07) is 9.89. The number of hydrogen-bond acceptors (Lipinski definition) is 2. The molecule has 1 atom stereocenters. The number of halogens is 3. The van der Waals surface area contributed by atoms with Crippen LogP contribution in [0.25, 0.3) is 0 Å². The summed E-state index contributed by atoms with van der Waals surface area (Å²) >= 11 is 6.22. The molecule has 27 heavy (non-hydrogen) atoms. The van der Waals surface area contributed by atoms with E-state index in [-0.39, 0.29) is 28.7 Å². The molecule has 0 radical (unpaired) electrons. The fraction of sp³-hybridized carbons (Fsp3) is 0.238. The van der Waals surface area contributed by atoms with Crippen LogP contribution < -0.4 is 4.90 Å². The molecular formula is C21H16ClF2NO2. The largest absolute Gasteiger partial charge is 0.294 e. The molecule has 0 saturated carbocycles. The zero-order valence-corrected chi connectivity index (χ0v) is 15.1. The Bertz CT molecular complexity index is 948. The molecule has 1 aliphatic heterocycles. The first kappa shape index (κ1) is 17.9. The molecule has 2 aromatic carbocycles. The van der Waals surface area contributed by atoms with Crippen LogP contribution in [-0.4, -0.2) is 11.7 Å². The SMILES string of the molecule is O=C1CCCC2=C1C(c1c(F)cccc1Cl)CC(=O)N2c1ccc(F)cc1. The number of allylic oxidation sites excluding steroid dienone is 2. The van der Waals surface area contributed by atoms with E-state index in [1.165, 1.54) is 41.3 Å². The molecule has 1 unspecified atom stereocenters. The van der Waals surface area contributed by atoms with Crippen molar-refractivity contribution in [3.63, 3.8) is 0 Å². The lowest BCUT2D eigenvalue weighted by Gasteiger charge is -2.38. The van der Waals surface area contributed by atoms with Gasteiger partial charge in [-0.1, -0.05) is 17.7 Å². The molecule has 0 bridgehead atoms. The third-order valence-corrected chi connectivity index (χ3v) is 5.44. The maximum atomic E-state index is 14.5. The number of nitrogens with zero attached hydrogens (tertiary/aromatic N) is 1. The average molecular weight is 388 g/mol. The number of carbonyl (C=O) groups is 2. The smallest absolute Gasteiger partial charge is 0.232 e. The lowest BCUT2D eigenvalue weighted by Crippen LogP contribution is -2.40. The zero-order valence-electron chi connectivity index (χ0n) is 14.3. The maximum absolute atomic E-state index is 14.5. The zero-order chi connectivity index (χ0) is 19.1. The highest BCUT2D eigenvalue weighted by Gasteiger charge is 2.41. The molecule has 3 nitrogen and oxygen atoms in total. The molecule has 1 aliphatic carbocycles. The molecule has 0 spiro atoms. The molecule has 0 fully saturated rings. The lowest BCUT2D eigenvalue weighted by atomic mass is 9.77. The minimum Gasteiger partial charge on any atom is -0.294 e. The number of Topliss-reactive ketones (excluding diaryl/α,β-unsaturated/α-hetero) is 1. The van der Waals surface area contributed by atoms with E-state index < -0.39 is 17.6 Å². The van der Waals surface area contributed by atoms with Crippen molar-refractivity contribution in [1.29, 1.82) is 0 Å². The van der Waals surface area contributed by atoms with Gasteiger partial charge in [-0.2, -0.15) is 0 Å². The summed E-state index contributed by atoms with van der Waals surface area (Å²) in [5.41, 5.74) is 1.70. The first-order chi connectivity index (χ1) is 13.0. The summed E-state index contributed by atoms with van der Waals surface area (Å²) in [5, 5.41) is 0.202. The molecule has 0 saturated heterocycles. The van der Waals surface area contributed by atoms with Crippen molar-refractivity contribution in [2.45, 2.75) is 31.6 Å². The molecule has 1 amide bonds. The van der Waals surface area contributed by atoms with Gasteiger partial charge < -0.3 is 0 Å². The summed E-state index contributed by atoms with van der Waals surface area (Å²) in [7, 11) is 0. The van der Waals surface area contributed by atoms with E-state index in [2.05, 4.69) is 0 Å². The van der Waals surface area contributed by atoms with E-state index in [0.29, 0.717) is 36.2 Å². The van der Waals surface area contributed by atoms with Gasteiger partial charge in [0, 0.05) is 46.3 Å². The summed E-state index contributed by atoms with van der Waals surface area (Å²) in [4.78, 5) is 27.2. The van der Waals surface area contributed by atoms with E-state index in [9.17, 15) is 18.4 Å². The minimum atomic E-state index is -0.703. The highest BCUT2D eigenvalue weighted by Crippen LogP contribution is 2.45. The average Bonchev–Trinajstić information content (AvgIpc) is 2.63. The number of anilines is 1. The van der Waals surface area contributed by atoms with Crippen LogP contribution in [0.1, 0.15) is 37.2 Å². The summed E-state index contributed by atoms with van der Waals surface area (Å²) in [6.45, 7) is 0. The van der Waals surface area contributed by atoms with Gasteiger partial charge in [0.25, 0.3) is 0 Å². The Morgan fingerprint density at radius 3 is 2.44 bits per heavy atom. The number of ketones is 1. The fourth-order valence-corrected chi connectivity index (χ4v) is 4.27. The molecular weight excluding hydrogens is 372 g/mol. The predicted octanol–water partition coefficient (Wildman–Crippen LogP) is 5.15. The van der Waals surface area contributed by atoms with Gasteiger partial charge >= 0.3 is 0 Å². The topological polar surface area (TPSA) is 37.4 Å². The van der Waals surface area contributed by atoms with Gasteiger partial charge in [-0.25, -0.2) is 8.78 Å². The van der Waals surface area contributed by atoms with Crippen molar-refractivity contribution in [2.75, 3.05) is 4.90 Å². The molecule has 138 valence electrons. The second-order valence-electron chi connectivity index (χ2n) is 6.73.